The minimum absolute atomic E-state index is 0.00399. The summed E-state index contributed by atoms with van der Waals surface area (Å²) in [5.74, 6) is -1.37. The number of aliphatic hydroxyl groups excluding tert-OH is 1. The fourth-order valence-electron chi connectivity index (χ4n) is 1.30. The number of halogens is 1. The molecule has 0 aliphatic rings. The number of amides is 1. The first-order valence-corrected chi connectivity index (χ1v) is 7.32. The van der Waals surface area contributed by atoms with Crippen LogP contribution < -0.4 is 5.32 Å². The second kappa shape index (κ2) is 8.19. The smallest absolute Gasteiger partial charge is 0.326 e. The number of carboxylic acids is 1. The Morgan fingerprint density at radius 2 is 1.95 bits per heavy atom. The maximum absolute atomic E-state index is 11.6. The van der Waals surface area contributed by atoms with Gasteiger partial charge in [0.25, 0.3) is 0 Å². The lowest BCUT2D eigenvalue weighted by atomic mass is 10.2. The molecule has 0 fully saturated rings. The molecule has 0 saturated heterocycles. The molecule has 1 aromatic carbocycles. The molecule has 0 spiro atoms. The van der Waals surface area contributed by atoms with Crippen molar-refractivity contribution in [1.29, 1.82) is 0 Å². The summed E-state index contributed by atoms with van der Waals surface area (Å²) < 4.78 is 0.954. The molecule has 5 nitrogen and oxygen atoms in total. The summed E-state index contributed by atoms with van der Waals surface area (Å²) in [6.07, 6.45) is 0.00399. The van der Waals surface area contributed by atoms with E-state index in [9.17, 15) is 9.59 Å². The predicted molar refractivity (Wildman–Crippen MR) is 76.1 cm³/mol. The van der Waals surface area contributed by atoms with E-state index in [1.165, 1.54) is 11.8 Å². The molecule has 1 atom stereocenters. The molecule has 1 rings (SSSR count). The Labute approximate surface area is 123 Å². The Bertz CT molecular complexity index is 438. The zero-order chi connectivity index (χ0) is 14.3. The van der Waals surface area contributed by atoms with Crippen LogP contribution in [0.2, 0.25) is 0 Å². The molecule has 19 heavy (non-hydrogen) atoms. The molecule has 7 heteroatoms. The number of carbonyl (C=O) groups excluding carboxylic acids is 1. The molecule has 0 aromatic heterocycles. The second-order valence-corrected chi connectivity index (χ2v) is 5.68. The summed E-state index contributed by atoms with van der Waals surface area (Å²) in [6, 6.07) is 6.43. The largest absolute Gasteiger partial charge is 0.480 e. The van der Waals surface area contributed by atoms with Crippen molar-refractivity contribution in [2.45, 2.75) is 17.4 Å². The van der Waals surface area contributed by atoms with Gasteiger partial charge in [0.1, 0.15) is 6.04 Å². The van der Waals surface area contributed by atoms with Gasteiger partial charge in [-0.05, 0) is 24.3 Å². The van der Waals surface area contributed by atoms with E-state index in [0.29, 0.717) is 0 Å². The van der Waals surface area contributed by atoms with Gasteiger partial charge in [0.15, 0.2) is 0 Å². The van der Waals surface area contributed by atoms with Crippen molar-refractivity contribution >= 4 is 39.6 Å². The molecule has 3 N–H and O–H groups in total. The third-order valence-corrected chi connectivity index (χ3v) is 3.78. The van der Waals surface area contributed by atoms with Crippen LogP contribution in [0.5, 0.6) is 0 Å². The van der Waals surface area contributed by atoms with E-state index in [1.807, 2.05) is 24.3 Å². The Kier molecular flexibility index (Phi) is 6.90. The number of rotatable bonds is 7. The lowest BCUT2D eigenvalue weighted by Crippen LogP contribution is -2.42. The van der Waals surface area contributed by atoms with Crippen LogP contribution in [-0.2, 0) is 9.59 Å². The van der Waals surface area contributed by atoms with Crippen LogP contribution in [0, 0.1) is 0 Å². The number of thioether (sulfide) groups is 1. The zero-order valence-electron chi connectivity index (χ0n) is 10.0. The Balaban J connectivity index is 2.42. The van der Waals surface area contributed by atoms with Crippen molar-refractivity contribution in [2.75, 3.05) is 12.4 Å². The van der Waals surface area contributed by atoms with Crippen LogP contribution in [0.25, 0.3) is 0 Å². The van der Waals surface area contributed by atoms with Gasteiger partial charge in [-0.25, -0.2) is 4.79 Å². The van der Waals surface area contributed by atoms with Gasteiger partial charge in [-0.15, -0.1) is 11.8 Å². The third kappa shape index (κ3) is 6.09. The van der Waals surface area contributed by atoms with Gasteiger partial charge in [-0.2, -0.15) is 0 Å². The molecule has 0 saturated carbocycles. The minimum atomic E-state index is -1.14. The van der Waals surface area contributed by atoms with E-state index in [2.05, 4.69) is 21.2 Å². The molecule has 104 valence electrons. The van der Waals surface area contributed by atoms with E-state index in [4.69, 9.17) is 10.2 Å². The first-order chi connectivity index (χ1) is 9.02. The van der Waals surface area contributed by atoms with E-state index in [-0.39, 0.29) is 24.7 Å². The molecule has 0 aliphatic heterocycles. The standard InChI is InChI=1S/C12H14BrNO4S/c13-8-1-3-9(4-2-8)19-7-11(16)14-10(5-6-15)12(17)18/h1-4,10,15H,5-7H2,(H,14,16)(H,17,18)/t10-/m1/s1. The fourth-order valence-corrected chi connectivity index (χ4v) is 2.28. The maximum Gasteiger partial charge on any atom is 0.326 e. The number of hydrogen-bond acceptors (Lipinski definition) is 4. The number of carboxylic acid groups (broad SMARTS) is 1. The Morgan fingerprint density at radius 3 is 2.47 bits per heavy atom. The van der Waals surface area contributed by atoms with Crippen molar-refractivity contribution < 1.29 is 19.8 Å². The molecular formula is C12H14BrNO4S. The lowest BCUT2D eigenvalue weighted by Gasteiger charge is -2.12. The van der Waals surface area contributed by atoms with Crippen LogP contribution in [0.1, 0.15) is 6.42 Å². The van der Waals surface area contributed by atoms with Gasteiger partial charge in [0, 0.05) is 22.4 Å². The number of benzene rings is 1. The number of nitrogens with one attached hydrogen (secondary N) is 1. The van der Waals surface area contributed by atoms with Crippen molar-refractivity contribution in [1.82, 2.24) is 5.32 Å². The van der Waals surface area contributed by atoms with Crippen molar-refractivity contribution in [3.05, 3.63) is 28.7 Å². The molecule has 1 amide bonds. The molecule has 0 radical (unpaired) electrons. The molecule has 0 heterocycles. The number of aliphatic hydroxyl groups is 1. The normalized spacial score (nSPS) is 11.9. The van der Waals surface area contributed by atoms with Crippen LogP contribution >= 0.6 is 27.7 Å². The average molecular weight is 348 g/mol. The molecule has 1 aromatic rings. The highest BCUT2D eigenvalue weighted by molar-refractivity contribution is 9.10. The summed E-state index contributed by atoms with van der Waals surface area (Å²) in [4.78, 5) is 23.3. The summed E-state index contributed by atoms with van der Waals surface area (Å²) in [7, 11) is 0. The van der Waals surface area contributed by atoms with Gasteiger partial charge in [-0.3, -0.25) is 4.79 Å². The quantitative estimate of drug-likeness (QED) is 0.650. The minimum Gasteiger partial charge on any atom is -0.480 e. The van der Waals surface area contributed by atoms with E-state index in [1.54, 1.807) is 0 Å². The highest BCUT2D eigenvalue weighted by Crippen LogP contribution is 2.20. The number of hydrogen-bond donors (Lipinski definition) is 3. The second-order valence-electron chi connectivity index (χ2n) is 3.71. The Morgan fingerprint density at radius 1 is 1.32 bits per heavy atom. The highest BCUT2D eigenvalue weighted by atomic mass is 79.9. The summed E-state index contributed by atoms with van der Waals surface area (Å²) >= 11 is 4.63. The fraction of sp³-hybridized carbons (Fsp3) is 0.333. The third-order valence-electron chi connectivity index (χ3n) is 2.23. The molecule has 0 aliphatic carbocycles. The van der Waals surface area contributed by atoms with E-state index >= 15 is 0 Å². The van der Waals surface area contributed by atoms with Crippen molar-refractivity contribution in [3.8, 4) is 0 Å². The van der Waals surface area contributed by atoms with E-state index in [0.717, 1.165) is 9.37 Å². The van der Waals surface area contributed by atoms with Gasteiger partial charge in [0.2, 0.25) is 5.91 Å². The van der Waals surface area contributed by atoms with Gasteiger partial charge < -0.3 is 15.5 Å². The van der Waals surface area contributed by atoms with Gasteiger partial charge >= 0.3 is 5.97 Å². The predicted octanol–water partition coefficient (Wildman–Crippen LogP) is 1.49. The van der Waals surface area contributed by atoms with Gasteiger partial charge in [0.05, 0.1) is 5.75 Å². The molecule has 0 bridgehead atoms. The van der Waals surface area contributed by atoms with Gasteiger partial charge in [-0.1, -0.05) is 15.9 Å². The van der Waals surface area contributed by atoms with Crippen LogP contribution in [-0.4, -0.2) is 40.5 Å². The van der Waals surface area contributed by atoms with Crippen molar-refractivity contribution in [3.63, 3.8) is 0 Å². The maximum atomic E-state index is 11.6. The van der Waals surface area contributed by atoms with Crippen LogP contribution in [0.15, 0.2) is 33.6 Å². The topological polar surface area (TPSA) is 86.6 Å². The first kappa shape index (κ1) is 16.0. The number of carbonyl (C=O) groups is 2. The first-order valence-electron chi connectivity index (χ1n) is 5.54. The van der Waals surface area contributed by atoms with E-state index < -0.39 is 12.0 Å². The molecule has 0 unspecified atom stereocenters. The van der Waals surface area contributed by atoms with Crippen LogP contribution in [0.4, 0.5) is 0 Å². The van der Waals surface area contributed by atoms with Crippen LogP contribution in [0.3, 0.4) is 0 Å². The monoisotopic (exact) mass is 347 g/mol. The number of aliphatic carboxylic acids is 1. The lowest BCUT2D eigenvalue weighted by molar-refractivity contribution is -0.141. The zero-order valence-corrected chi connectivity index (χ0v) is 12.4. The summed E-state index contributed by atoms with van der Waals surface area (Å²) in [5.41, 5.74) is 0. The summed E-state index contributed by atoms with van der Waals surface area (Å²) in [5, 5.41) is 19.9. The average Bonchev–Trinajstić information content (AvgIpc) is 2.37. The molecular weight excluding hydrogens is 334 g/mol. The summed E-state index contributed by atoms with van der Waals surface area (Å²) in [6.45, 7) is -0.281. The Hall–Kier alpha value is -1.05. The SMILES string of the molecule is O=C(CSc1ccc(Br)cc1)N[C@H](CCO)C(=O)O. The highest BCUT2D eigenvalue weighted by Gasteiger charge is 2.18. The van der Waals surface area contributed by atoms with Crippen molar-refractivity contribution in [2.24, 2.45) is 0 Å².